The predicted octanol–water partition coefficient (Wildman–Crippen LogP) is 3.04. The molecule has 2 aromatic carbocycles. The third kappa shape index (κ3) is 4.40. The highest BCUT2D eigenvalue weighted by atomic mass is 35.5. The van der Waals surface area contributed by atoms with Gasteiger partial charge in [-0.15, -0.1) is 0 Å². The highest BCUT2D eigenvalue weighted by Crippen LogP contribution is 2.40. The van der Waals surface area contributed by atoms with Crippen LogP contribution in [0.3, 0.4) is 0 Å². The molecule has 1 aliphatic rings. The molecule has 1 heterocycles. The molecular weight excluding hydrogens is 396 g/mol. The lowest BCUT2D eigenvalue weighted by Crippen LogP contribution is -2.32. The summed E-state index contributed by atoms with van der Waals surface area (Å²) >= 11 is 6.22. The smallest absolute Gasteiger partial charge is 0.227 e. The topological polar surface area (TPSA) is 77.1 Å². The number of ether oxygens (including phenoxy) is 3. The summed E-state index contributed by atoms with van der Waals surface area (Å²) in [6.07, 6.45) is 0.116. The zero-order valence-electron chi connectivity index (χ0n) is 16.5. The van der Waals surface area contributed by atoms with Gasteiger partial charge in [0.1, 0.15) is 17.2 Å². The Morgan fingerprint density at radius 3 is 2.48 bits per heavy atom. The Balaban J connectivity index is 1.71. The Morgan fingerprint density at radius 2 is 1.79 bits per heavy atom. The molecule has 0 spiro atoms. The molecule has 1 N–H and O–H groups in total. The highest BCUT2D eigenvalue weighted by molar-refractivity contribution is 6.32. The third-order valence-corrected chi connectivity index (χ3v) is 5.18. The second-order valence-electron chi connectivity index (χ2n) is 6.59. The van der Waals surface area contributed by atoms with Gasteiger partial charge in [0.25, 0.3) is 0 Å². The number of rotatable bonds is 7. The second kappa shape index (κ2) is 9.05. The van der Waals surface area contributed by atoms with E-state index in [0.717, 1.165) is 5.56 Å². The monoisotopic (exact) mass is 418 g/mol. The van der Waals surface area contributed by atoms with Crippen molar-refractivity contribution in [2.75, 3.05) is 32.8 Å². The van der Waals surface area contributed by atoms with Gasteiger partial charge in [-0.3, -0.25) is 9.59 Å². The lowest BCUT2D eigenvalue weighted by atomic mass is 10.1. The van der Waals surface area contributed by atoms with Gasteiger partial charge in [0.2, 0.25) is 11.8 Å². The van der Waals surface area contributed by atoms with Crippen molar-refractivity contribution in [3.05, 3.63) is 47.0 Å². The van der Waals surface area contributed by atoms with Gasteiger partial charge in [0, 0.05) is 31.1 Å². The summed E-state index contributed by atoms with van der Waals surface area (Å²) in [6, 6.07) is 10.7. The number of methoxy groups -OCH3 is 3. The van der Waals surface area contributed by atoms with E-state index in [4.69, 9.17) is 25.8 Å². The number of para-hydroxylation sites is 1. The van der Waals surface area contributed by atoms with Crippen molar-refractivity contribution in [3.63, 3.8) is 0 Å². The van der Waals surface area contributed by atoms with Gasteiger partial charge in [0.15, 0.2) is 0 Å². The van der Waals surface area contributed by atoms with Gasteiger partial charge in [-0.25, -0.2) is 0 Å². The minimum absolute atomic E-state index is 0.116. The molecule has 1 atom stereocenters. The van der Waals surface area contributed by atoms with Crippen LogP contribution in [-0.2, 0) is 16.1 Å². The van der Waals surface area contributed by atoms with E-state index in [1.807, 2.05) is 24.3 Å². The first kappa shape index (κ1) is 20.8. The molecule has 2 aromatic rings. The van der Waals surface area contributed by atoms with E-state index in [2.05, 4.69) is 5.32 Å². The fourth-order valence-corrected chi connectivity index (χ4v) is 3.58. The molecule has 0 unspecified atom stereocenters. The Labute approximate surface area is 174 Å². The van der Waals surface area contributed by atoms with Crippen molar-refractivity contribution in [2.45, 2.75) is 13.0 Å². The van der Waals surface area contributed by atoms with Crippen LogP contribution in [0.15, 0.2) is 36.4 Å². The van der Waals surface area contributed by atoms with Gasteiger partial charge >= 0.3 is 0 Å². The van der Waals surface area contributed by atoms with Crippen LogP contribution in [0.25, 0.3) is 0 Å². The number of hydrogen-bond acceptors (Lipinski definition) is 5. The van der Waals surface area contributed by atoms with Gasteiger partial charge in [-0.2, -0.15) is 0 Å². The first-order chi connectivity index (χ1) is 14.0. The van der Waals surface area contributed by atoms with Crippen molar-refractivity contribution in [3.8, 4) is 17.2 Å². The quantitative estimate of drug-likeness (QED) is 0.747. The molecule has 1 fully saturated rings. The Hall–Kier alpha value is -2.93. The summed E-state index contributed by atoms with van der Waals surface area (Å²) < 4.78 is 15.9. The zero-order chi connectivity index (χ0) is 21.0. The molecule has 0 aromatic heterocycles. The number of amides is 2. The molecule has 0 radical (unpaired) electrons. The Kier molecular flexibility index (Phi) is 6.49. The maximum Gasteiger partial charge on any atom is 0.227 e. The average molecular weight is 419 g/mol. The van der Waals surface area contributed by atoms with Crippen LogP contribution in [0.5, 0.6) is 17.2 Å². The Bertz CT molecular complexity index is 918. The number of anilines is 1. The summed E-state index contributed by atoms with van der Waals surface area (Å²) in [5.41, 5.74) is 1.39. The fraction of sp³-hybridized carbons (Fsp3) is 0.333. The maximum atomic E-state index is 12.7. The minimum atomic E-state index is -0.470. The van der Waals surface area contributed by atoms with Crippen molar-refractivity contribution in [2.24, 2.45) is 5.92 Å². The van der Waals surface area contributed by atoms with E-state index < -0.39 is 5.92 Å². The lowest BCUT2D eigenvalue weighted by Gasteiger charge is -2.21. The molecular formula is C21H23ClN2O5. The Morgan fingerprint density at radius 1 is 1.10 bits per heavy atom. The maximum absolute atomic E-state index is 12.7. The number of benzene rings is 2. The molecule has 1 aliphatic heterocycles. The number of nitrogens with zero attached hydrogens (tertiary/aromatic N) is 1. The summed E-state index contributed by atoms with van der Waals surface area (Å²) in [5.74, 6) is 0.782. The predicted molar refractivity (Wildman–Crippen MR) is 110 cm³/mol. The fourth-order valence-electron chi connectivity index (χ4n) is 3.35. The molecule has 8 heteroatoms. The molecule has 0 bridgehead atoms. The summed E-state index contributed by atoms with van der Waals surface area (Å²) in [7, 11) is 4.59. The van der Waals surface area contributed by atoms with Crippen LogP contribution >= 0.6 is 11.6 Å². The molecule has 2 amide bonds. The second-order valence-corrected chi connectivity index (χ2v) is 7.00. The molecule has 154 valence electrons. The highest BCUT2D eigenvalue weighted by Gasteiger charge is 2.36. The van der Waals surface area contributed by atoms with E-state index in [9.17, 15) is 9.59 Å². The van der Waals surface area contributed by atoms with E-state index in [1.54, 1.807) is 19.2 Å². The van der Waals surface area contributed by atoms with Gasteiger partial charge in [0.05, 0.1) is 38.0 Å². The first-order valence-electron chi connectivity index (χ1n) is 9.10. The molecule has 1 saturated heterocycles. The van der Waals surface area contributed by atoms with Crippen LogP contribution in [0.2, 0.25) is 5.02 Å². The van der Waals surface area contributed by atoms with Gasteiger partial charge in [-0.1, -0.05) is 29.8 Å². The van der Waals surface area contributed by atoms with E-state index in [0.29, 0.717) is 34.5 Å². The summed E-state index contributed by atoms with van der Waals surface area (Å²) in [6.45, 7) is 0.570. The van der Waals surface area contributed by atoms with Gasteiger partial charge < -0.3 is 24.4 Å². The summed E-state index contributed by atoms with van der Waals surface area (Å²) in [5, 5.41) is 3.25. The van der Waals surface area contributed by atoms with Crippen LogP contribution in [-0.4, -0.2) is 39.7 Å². The van der Waals surface area contributed by atoms with Crippen LogP contribution in [0, 0.1) is 5.92 Å². The summed E-state index contributed by atoms with van der Waals surface area (Å²) in [4.78, 5) is 26.8. The van der Waals surface area contributed by atoms with Crippen molar-refractivity contribution in [1.82, 2.24) is 5.32 Å². The van der Waals surface area contributed by atoms with Gasteiger partial charge in [-0.05, 0) is 12.1 Å². The van der Waals surface area contributed by atoms with E-state index in [-0.39, 0.29) is 24.8 Å². The van der Waals surface area contributed by atoms with Crippen molar-refractivity contribution in [1.29, 1.82) is 0 Å². The number of nitrogens with one attached hydrogen (secondary N) is 1. The standard InChI is InChI=1S/C21H23ClN2O5/c1-27-17-7-5-4-6-13(17)11-23-21(26)14-8-20(25)24(12-14)16-9-15(22)18(28-2)10-19(16)29-3/h4-7,9-10,14H,8,11-12H2,1-3H3,(H,23,26)/t14-/m0/s1. The first-order valence-corrected chi connectivity index (χ1v) is 9.47. The van der Waals surface area contributed by atoms with Crippen LogP contribution in [0.1, 0.15) is 12.0 Å². The molecule has 0 saturated carbocycles. The number of carbonyl (C=O) groups is 2. The molecule has 29 heavy (non-hydrogen) atoms. The number of hydrogen-bond donors (Lipinski definition) is 1. The normalized spacial score (nSPS) is 15.9. The molecule has 0 aliphatic carbocycles. The zero-order valence-corrected chi connectivity index (χ0v) is 17.3. The SMILES string of the molecule is COc1cc(OC)c(N2C[C@@H](C(=O)NCc3ccccc3OC)CC2=O)cc1Cl. The number of carbonyl (C=O) groups excluding carboxylic acids is 2. The van der Waals surface area contributed by atoms with E-state index >= 15 is 0 Å². The van der Waals surface area contributed by atoms with Crippen molar-refractivity contribution >= 4 is 29.1 Å². The van der Waals surface area contributed by atoms with E-state index in [1.165, 1.54) is 19.1 Å². The van der Waals surface area contributed by atoms with Crippen molar-refractivity contribution < 1.29 is 23.8 Å². The molecule has 7 nitrogen and oxygen atoms in total. The largest absolute Gasteiger partial charge is 0.496 e. The van der Waals surface area contributed by atoms with Crippen LogP contribution < -0.4 is 24.4 Å². The number of halogens is 1. The third-order valence-electron chi connectivity index (χ3n) is 4.89. The minimum Gasteiger partial charge on any atom is -0.496 e. The lowest BCUT2D eigenvalue weighted by molar-refractivity contribution is -0.126. The molecule has 3 rings (SSSR count). The average Bonchev–Trinajstić information content (AvgIpc) is 3.13. The van der Waals surface area contributed by atoms with Crippen LogP contribution in [0.4, 0.5) is 5.69 Å².